The Morgan fingerprint density at radius 1 is 1.15 bits per heavy atom. The predicted octanol–water partition coefficient (Wildman–Crippen LogP) is 3.76. The van der Waals surface area contributed by atoms with Crippen molar-refractivity contribution < 1.29 is 4.74 Å². The smallest absolute Gasteiger partial charge is 0.231 e. The van der Waals surface area contributed by atoms with Crippen LogP contribution in [0.15, 0.2) is 30.9 Å². The molecule has 1 aliphatic carbocycles. The van der Waals surface area contributed by atoms with E-state index in [0.717, 1.165) is 23.1 Å². The summed E-state index contributed by atoms with van der Waals surface area (Å²) in [6, 6.07) is 3.75. The molecule has 0 aliphatic heterocycles. The van der Waals surface area contributed by atoms with E-state index >= 15 is 0 Å². The maximum atomic E-state index is 5.91. The van der Waals surface area contributed by atoms with Crippen LogP contribution in [0.4, 0.5) is 0 Å². The average molecular weight is 283 g/mol. The molecule has 5 heteroatoms. The third-order valence-corrected chi connectivity index (χ3v) is 4.77. The Hall–Kier alpha value is -2.01. The van der Waals surface area contributed by atoms with Gasteiger partial charge < -0.3 is 4.74 Å². The van der Waals surface area contributed by atoms with Gasteiger partial charge in [0, 0.05) is 11.1 Å². The molecule has 0 N–H and O–H groups in total. The summed E-state index contributed by atoms with van der Waals surface area (Å²) in [6.07, 6.45) is 9.78. The topological polar surface area (TPSA) is 47.9 Å². The molecule has 0 radical (unpaired) electrons. The molecule has 3 heterocycles. The zero-order valence-electron chi connectivity index (χ0n) is 10.9. The van der Waals surface area contributed by atoms with Gasteiger partial charge >= 0.3 is 0 Å². The van der Waals surface area contributed by atoms with Gasteiger partial charge in [-0.05, 0) is 43.4 Å². The van der Waals surface area contributed by atoms with E-state index in [-0.39, 0.29) is 0 Å². The highest BCUT2D eigenvalue weighted by Gasteiger charge is 2.20. The van der Waals surface area contributed by atoms with Gasteiger partial charge in [0.1, 0.15) is 16.9 Å². The zero-order valence-corrected chi connectivity index (χ0v) is 11.7. The number of nitrogens with zero attached hydrogens (tertiary/aromatic N) is 3. The molecule has 0 spiro atoms. The number of aryl methyl sites for hydroxylation is 2. The van der Waals surface area contributed by atoms with E-state index < -0.39 is 0 Å². The van der Waals surface area contributed by atoms with Crippen LogP contribution in [-0.4, -0.2) is 15.0 Å². The fourth-order valence-electron chi connectivity index (χ4n) is 2.66. The number of hydrogen-bond donors (Lipinski definition) is 0. The standard InChI is InChI=1S/C15H13N3OS/c1-2-6-12-11(5-1)13-14(17-9-18-15(13)20-12)19-10-4-3-7-16-8-10/h3-4,7-9H,1-2,5-6H2. The average Bonchev–Trinajstić information content (AvgIpc) is 2.88. The summed E-state index contributed by atoms with van der Waals surface area (Å²) in [4.78, 5) is 15.3. The fraction of sp³-hybridized carbons (Fsp3) is 0.267. The Labute approximate surface area is 120 Å². The second-order valence-corrected chi connectivity index (χ2v) is 5.94. The van der Waals surface area contributed by atoms with Crippen LogP contribution in [0, 0.1) is 0 Å². The lowest BCUT2D eigenvalue weighted by Crippen LogP contribution is -1.99. The molecule has 0 fully saturated rings. The van der Waals surface area contributed by atoms with Crippen LogP contribution in [-0.2, 0) is 12.8 Å². The summed E-state index contributed by atoms with van der Waals surface area (Å²) in [5.41, 5.74) is 1.38. The predicted molar refractivity (Wildman–Crippen MR) is 78.4 cm³/mol. The summed E-state index contributed by atoms with van der Waals surface area (Å²) in [5.74, 6) is 1.37. The maximum absolute atomic E-state index is 5.91. The van der Waals surface area contributed by atoms with Crippen molar-refractivity contribution >= 4 is 21.6 Å². The van der Waals surface area contributed by atoms with Gasteiger partial charge in [0.15, 0.2) is 0 Å². The number of rotatable bonds is 2. The van der Waals surface area contributed by atoms with Gasteiger partial charge in [0.25, 0.3) is 0 Å². The Kier molecular flexibility index (Phi) is 2.85. The van der Waals surface area contributed by atoms with Gasteiger partial charge in [-0.15, -0.1) is 11.3 Å². The lowest BCUT2D eigenvalue weighted by molar-refractivity contribution is 0.465. The molecule has 3 aromatic heterocycles. The Balaban J connectivity index is 1.85. The van der Waals surface area contributed by atoms with Crippen molar-refractivity contribution in [2.24, 2.45) is 0 Å². The van der Waals surface area contributed by atoms with Crippen molar-refractivity contribution in [3.05, 3.63) is 41.3 Å². The van der Waals surface area contributed by atoms with Gasteiger partial charge in [-0.1, -0.05) is 0 Å². The molecule has 100 valence electrons. The highest BCUT2D eigenvalue weighted by Crippen LogP contribution is 2.39. The third-order valence-electron chi connectivity index (χ3n) is 3.57. The van der Waals surface area contributed by atoms with Crippen LogP contribution >= 0.6 is 11.3 Å². The molecular weight excluding hydrogens is 270 g/mol. The lowest BCUT2D eigenvalue weighted by Gasteiger charge is -2.11. The Morgan fingerprint density at radius 2 is 2.10 bits per heavy atom. The molecule has 0 saturated heterocycles. The van der Waals surface area contributed by atoms with E-state index in [9.17, 15) is 0 Å². The summed E-state index contributed by atoms with van der Waals surface area (Å²) < 4.78 is 5.91. The first-order chi connectivity index (χ1) is 9.92. The molecule has 0 bridgehead atoms. The molecular formula is C15H13N3OS. The van der Waals surface area contributed by atoms with Crippen LogP contribution < -0.4 is 4.74 Å². The molecule has 0 aromatic carbocycles. The number of pyridine rings is 1. The summed E-state index contributed by atoms with van der Waals surface area (Å²) in [5, 5.41) is 1.09. The zero-order chi connectivity index (χ0) is 13.4. The van der Waals surface area contributed by atoms with Crippen molar-refractivity contribution in [2.45, 2.75) is 25.7 Å². The molecule has 0 amide bonds. The van der Waals surface area contributed by atoms with E-state index in [1.807, 2.05) is 12.1 Å². The molecule has 3 aromatic rings. The maximum Gasteiger partial charge on any atom is 0.231 e. The highest BCUT2D eigenvalue weighted by molar-refractivity contribution is 7.18. The van der Waals surface area contributed by atoms with E-state index in [1.54, 1.807) is 30.1 Å². The van der Waals surface area contributed by atoms with Crippen molar-refractivity contribution in [3.63, 3.8) is 0 Å². The van der Waals surface area contributed by atoms with Gasteiger partial charge in [-0.25, -0.2) is 9.97 Å². The largest absolute Gasteiger partial charge is 0.437 e. The molecule has 0 atom stereocenters. The Bertz CT molecular complexity index is 754. The number of ether oxygens (including phenoxy) is 1. The fourth-order valence-corrected chi connectivity index (χ4v) is 3.88. The van der Waals surface area contributed by atoms with Crippen LogP contribution in [0.1, 0.15) is 23.3 Å². The molecule has 0 unspecified atom stereocenters. The first-order valence-corrected chi connectivity index (χ1v) is 7.56. The number of thiophene rings is 1. The second kappa shape index (κ2) is 4.83. The third kappa shape index (κ3) is 1.94. The molecule has 20 heavy (non-hydrogen) atoms. The van der Waals surface area contributed by atoms with Crippen molar-refractivity contribution in [1.29, 1.82) is 0 Å². The number of hydrogen-bond acceptors (Lipinski definition) is 5. The summed E-state index contributed by atoms with van der Waals surface area (Å²) >= 11 is 1.78. The van der Waals surface area contributed by atoms with Crippen LogP contribution in [0.25, 0.3) is 10.2 Å². The quantitative estimate of drug-likeness (QED) is 0.718. The van der Waals surface area contributed by atoms with E-state index in [0.29, 0.717) is 11.6 Å². The van der Waals surface area contributed by atoms with Gasteiger partial charge in [-0.3, -0.25) is 4.98 Å². The minimum absolute atomic E-state index is 0.655. The normalized spacial score (nSPS) is 14.2. The van der Waals surface area contributed by atoms with Crippen LogP contribution in [0.3, 0.4) is 0 Å². The lowest BCUT2D eigenvalue weighted by atomic mass is 9.97. The summed E-state index contributed by atoms with van der Waals surface area (Å²) in [6.45, 7) is 0. The number of fused-ring (bicyclic) bond motifs is 3. The first-order valence-electron chi connectivity index (χ1n) is 6.75. The SMILES string of the molecule is c1cncc(Oc2ncnc3sc4c(c23)CCCC4)c1. The van der Waals surface area contributed by atoms with Crippen LogP contribution in [0.2, 0.25) is 0 Å². The van der Waals surface area contributed by atoms with Gasteiger partial charge in [0.05, 0.1) is 11.6 Å². The van der Waals surface area contributed by atoms with E-state index in [4.69, 9.17) is 4.74 Å². The molecule has 4 nitrogen and oxygen atoms in total. The van der Waals surface area contributed by atoms with E-state index in [2.05, 4.69) is 15.0 Å². The highest BCUT2D eigenvalue weighted by atomic mass is 32.1. The molecule has 1 aliphatic rings. The summed E-state index contributed by atoms with van der Waals surface area (Å²) in [7, 11) is 0. The molecule has 4 rings (SSSR count). The Morgan fingerprint density at radius 3 is 3.00 bits per heavy atom. The monoisotopic (exact) mass is 283 g/mol. The first kappa shape index (κ1) is 11.8. The minimum atomic E-state index is 0.655. The van der Waals surface area contributed by atoms with Crippen LogP contribution in [0.5, 0.6) is 11.6 Å². The molecule has 0 saturated carbocycles. The van der Waals surface area contributed by atoms with Gasteiger partial charge in [0.2, 0.25) is 5.88 Å². The van der Waals surface area contributed by atoms with Crippen molar-refractivity contribution in [2.75, 3.05) is 0 Å². The van der Waals surface area contributed by atoms with Crippen molar-refractivity contribution in [1.82, 2.24) is 15.0 Å². The number of aromatic nitrogens is 3. The second-order valence-electron chi connectivity index (χ2n) is 4.86. The van der Waals surface area contributed by atoms with Crippen molar-refractivity contribution in [3.8, 4) is 11.6 Å². The van der Waals surface area contributed by atoms with Gasteiger partial charge in [-0.2, -0.15) is 0 Å². The van der Waals surface area contributed by atoms with E-state index in [1.165, 1.54) is 23.3 Å². The minimum Gasteiger partial charge on any atom is -0.437 e.